The van der Waals surface area contributed by atoms with Gasteiger partial charge in [-0.15, -0.1) is 0 Å². The molecule has 6 heteroatoms. The van der Waals surface area contributed by atoms with Crippen molar-refractivity contribution in [2.75, 3.05) is 59.4 Å². The van der Waals surface area contributed by atoms with Crippen LogP contribution in [0.2, 0.25) is 0 Å². The van der Waals surface area contributed by atoms with E-state index in [0.717, 1.165) is 57.1 Å². The molecule has 4 fully saturated rings. The number of piperazine rings is 1. The average Bonchev–Trinajstić information content (AvgIpc) is 3.31. The van der Waals surface area contributed by atoms with Crippen LogP contribution >= 0.6 is 0 Å². The highest BCUT2D eigenvalue weighted by Crippen LogP contribution is 2.47. The van der Waals surface area contributed by atoms with E-state index in [9.17, 15) is 0 Å². The van der Waals surface area contributed by atoms with Gasteiger partial charge < -0.3 is 19.9 Å². The summed E-state index contributed by atoms with van der Waals surface area (Å²) in [4.78, 5) is 12.5. The molecule has 4 rings (SSSR count). The smallest absolute Gasteiger partial charge is 0.193 e. The van der Waals surface area contributed by atoms with Crippen molar-refractivity contribution < 1.29 is 4.74 Å². The quantitative estimate of drug-likeness (QED) is 0.598. The molecule has 0 aromatic heterocycles. The normalized spacial score (nSPS) is 37.6. The highest BCUT2D eigenvalue weighted by atomic mass is 16.5. The van der Waals surface area contributed by atoms with Crippen molar-refractivity contribution in [3.8, 4) is 0 Å². The highest BCUT2D eigenvalue weighted by Gasteiger charge is 2.53. The van der Waals surface area contributed by atoms with E-state index < -0.39 is 0 Å². The van der Waals surface area contributed by atoms with Crippen LogP contribution in [0.25, 0.3) is 0 Å². The van der Waals surface area contributed by atoms with Crippen LogP contribution in [0.5, 0.6) is 0 Å². The Bertz CT molecular complexity index is 472. The van der Waals surface area contributed by atoms with Gasteiger partial charge in [0.2, 0.25) is 0 Å². The predicted octanol–water partition coefficient (Wildman–Crippen LogP) is 0.697. The molecule has 0 aliphatic carbocycles. The Kier molecular flexibility index (Phi) is 5.20. The fraction of sp³-hybridized carbons (Fsp3) is 0.947. The first-order valence-corrected chi connectivity index (χ1v) is 10.3. The van der Waals surface area contributed by atoms with E-state index in [1.807, 2.05) is 0 Å². The summed E-state index contributed by atoms with van der Waals surface area (Å²) in [5, 5.41) is 3.54. The Balaban J connectivity index is 1.35. The summed E-state index contributed by atoms with van der Waals surface area (Å²) in [6, 6.07) is 0.518. The molecule has 4 heterocycles. The number of ether oxygens (including phenoxy) is 1. The summed E-state index contributed by atoms with van der Waals surface area (Å²) < 4.78 is 6.12. The van der Waals surface area contributed by atoms with Crippen LogP contribution in [-0.4, -0.2) is 98.3 Å². The van der Waals surface area contributed by atoms with E-state index in [1.54, 1.807) is 0 Å². The first kappa shape index (κ1) is 17.6. The van der Waals surface area contributed by atoms with Gasteiger partial charge in [0.15, 0.2) is 5.96 Å². The zero-order valence-corrected chi connectivity index (χ0v) is 16.2. The lowest BCUT2D eigenvalue weighted by atomic mass is 9.82. The zero-order chi connectivity index (χ0) is 17.4. The van der Waals surface area contributed by atoms with Crippen molar-refractivity contribution in [1.29, 1.82) is 0 Å². The van der Waals surface area contributed by atoms with Crippen LogP contribution in [0.1, 0.15) is 26.7 Å². The van der Waals surface area contributed by atoms with E-state index in [-0.39, 0.29) is 0 Å². The molecule has 6 nitrogen and oxygen atoms in total. The second kappa shape index (κ2) is 7.41. The van der Waals surface area contributed by atoms with Gasteiger partial charge in [-0.05, 0) is 33.7 Å². The molecule has 4 aliphatic rings. The lowest BCUT2D eigenvalue weighted by Crippen LogP contribution is -2.49. The van der Waals surface area contributed by atoms with Gasteiger partial charge in [-0.1, -0.05) is 0 Å². The fourth-order valence-corrected chi connectivity index (χ4v) is 5.16. The molecule has 25 heavy (non-hydrogen) atoms. The van der Waals surface area contributed by atoms with Gasteiger partial charge in [-0.2, -0.15) is 0 Å². The van der Waals surface area contributed by atoms with Crippen LogP contribution in [0.15, 0.2) is 4.99 Å². The largest absolute Gasteiger partial charge is 0.374 e. The van der Waals surface area contributed by atoms with Crippen molar-refractivity contribution in [2.45, 2.75) is 44.9 Å². The predicted molar refractivity (Wildman–Crippen MR) is 101 cm³/mol. The number of likely N-dealkylation sites (tertiary alicyclic amines) is 1. The number of hydrogen-bond acceptors (Lipinski definition) is 4. The minimum absolute atomic E-state index is 0.518. The maximum absolute atomic E-state index is 6.12. The number of guanidine groups is 1. The minimum Gasteiger partial charge on any atom is -0.374 e. The lowest BCUT2D eigenvalue weighted by Gasteiger charge is -2.36. The second-order valence-corrected chi connectivity index (χ2v) is 8.41. The van der Waals surface area contributed by atoms with Gasteiger partial charge in [0.25, 0.3) is 0 Å². The van der Waals surface area contributed by atoms with Crippen LogP contribution in [0.4, 0.5) is 0 Å². The van der Waals surface area contributed by atoms with Crippen molar-refractivity contribution in [2.24, 2.45) is 16.8 Å². The van der Waals surface area contributed by atoms with Crippen molar-refractivity contribution >= 4 is 5.96 Å². The molecule has 0 spiro atoms. The summed E-state index contributed by atoms with van der Waals surface area (Å²) in [6.07, 6.45) is 3.58. The number of aliphatic imine (C=N–C) groups is 1. The minimum atomic E-state index is 0.518. The Morgan fingerprint density at radius 3 is 2.36 bits per heavy atom. The Morgan fingerprint density at radius 2 is 1.76 bits per heavy atom. The average molecular weight is 350 g/mol. The van der Waals surface area contributed by atoms with Crippen LogP contribution in [-0.2, 0) is 4.74 Å². The second-order valence-electron chi connectivity index (χ2n) is 8.41. The number of likely N-dealkylation sites (N-methyl/N-ethyl adjacent to an activating group) is 1. The molecule has 1 N–H and O–H groups in total. The van der Waals surface area contributed by atoms with E-state index in [4.69, 9.17) is 9.73 Å². The monoisotopic (exact) mass is 349 g/mol. The van der Waals surface area contributed by atoms with Gasteiger partial charge in [-0.25, -0.2) is 0 Å². The van der Waals surface area contributed by atoms with Gasteiger partial charge in [0, 0.05) is 63.7 Å². The topological polar surface area (TPSA) is 43.3 Å². The molecule has 0 aromatic carbocycles. The summed E-state index contributed by atoms with van der Waals surface area (Å²) in [5.41, 5.74) is 0. The first-order chi connectivity index (χ1) is 12.2. The summed E-state index contributed by atoms with van der Waals surface area (Å²) >= 11 is 0. The number of nitrogens with zero attached hydrogens (tertiary/aromatic N) is 4. The molecule has 4 saturated heterocycles. The Hall–Kier alpha value is -0.850. The maximum atomic E-state index is 6.12. The van der Waals surface area contributed by atoms with Gasteiger partial charge in [0.1, 0.15) is 0 Å². The number of hydrogen-bond donors (Lipinski definition) is 1. The van der Waals surface area contributed by atoms with Crippen molar-refractivity contribution in [3.63, 3.8) is 0 Å². The fourth-order valence-electron chi connectivity index (χ4n) is 5.16. The van der Waals surface area contributed by atoms with Crippen LogP contribution in [0, 0.1) is 11.8 Å². The standard InChI is InChI=1S/C19H35N5O/c1-4-20-19(21-11-14(2)23-9-7-22(3)8-10-23)24-12-15-16(13-24)18-6-5-17(15)25-18/h14-18H,4-13H2,1-3H3,(H,20,21). The molecule has 5 atom stereocenters. The van der Waals surface area contributed by atoms with Crippen LogP contribution in [0.3, 0.4) is 0 Å². The summed E-state index contributed by atoms with van der Waals surface area (Å²) in [7, 11) is 2.21. The van der Waals surface area contributed by atoms with E-state index in [1.165, 1.54) is 25.9 Å². The third-order valence-corrected chi connectivity index (χ3v) is 6.75. The zero-order valence-electron chi connectivity index (χ0n) is 16.2. The number of nitrogens with one attached hydrogen (secondary N) is 1. The molecule has 142 valence electrons. The van der Waals surface area contributed by atoms with Gasteiger partial charge in [0.05, 0.1) is 18.8 Å². The highest BCUT2D eigenvalue weighted by molar-refractivity contribution is 5.80. The maximum Gasteiger partial charge on any atom is 0.193 e. The van der Waals surface area contributed by atoms with E-state index in [2.05, 4.69) is 40.9 Å². The molecular weight excluding hydrogens is 314 g/mol. The van der Waals surface area contributed by atoms with E-state index >= 15 is 0 Å². The summed E-state index contributed by atoms with van der Waals surface area (Å²) in [5.74, 6) is 2.59. The van der Waals surface area contributed by atoms with Crippen molar-refractivity contribution in [3.05, 3.63) is 0 Å². The van der Waals surface area contributed by atoms with Gasteiger partial charge >= 0.3 is 0 Å². The molecule has 2 bridgehead atoms. The Morgan fingerprint density at radius 1 is 1.12 bits per heavy atom. The first-order valence-electron chi connectivity index (χ1n) is 10.3. The molecule has 0 saturated carbocycles. The third-order valence-electron chi connectivity index (χ3n) is 6.75. The number of fused-ring (bicyclic) bond motifs is 5. The van der Waals surface area contributed by atoms with Gasteiger partial charge in [-0.3, -0.25) is 9.89 Å². The molecule has 0 amide bonds. The molecule has 4 aliphatic heterocycles. The van der Waals surface area contributed by atoms with Crippen molar-refractivity contribution in [1.82, 2.24) is 20.0 Å². The van der Waals surface area contributed by atoms with E-state index in [0.29, 0.717) is 18.2 Å². The SMILES string of the molecule is CCNC(=NCC(C)N1CCN(C)CC1)N1CC2C3CCC(O3)C2C1. The Labute approximate surface area is 152 Å². The third kappa shape index (κ3) is 3.53. The molecule has 5 unspecified atom stereocenters. The number of rotatable bonds is 4. The molecule has 0 radical (unpaired) electrons. The van der Waals surface area contributed by atoms with Crippen LogP contribution < -0.4 is 5.32 Å². The summed E-state index contributed by atoms with van der Waals surface area (Å²) in [6.45, 7) is 13.3. The molecular formula is C19H35N5O. The lowest BCUT2D eigenvalue weighted by molar-refractivity contribution is 0.0766. The molecule has 0 aromatic rings.